The molecule has 2 rings (SSSR count). The molecular weight excluding hydrogens is 241 g/mol. The smallest absolute Gasteiger partial charge is 0.334 e. The van der Waals surface area contributed by atoms with E-state index in [0.717, 1.165) is 11.3 Å². The number of fused-ring (bicyclic) bond motifs is 1. The molecule has 0 aliphatic carbocycles. The zero-order valence-electron chi connectivity index (χ0n) is 9.29. The molecule has 2 amide bonds. The van der Waals surface area contributed by atoms with Crippen LogP contribution in [0.5, 0.6) is 0 Å². The molecule has 1 aromatic carbocycles. The quantitative estimate of drug-likeness (QED) is 0.752. The van der Waals surface area contributed by atoms with Crippen LogP contribution in [0.1, 0.15) is 12.0 Å². The first-order chi connectivity index (χ1) is 8.22. The van der Waals surface area contributed by atoms with Gasteiger partial charge in [0, 0.05) is 24.8 Å². The Kier molecular flexibility index (Phi) is 3.63. The Bertz CT molecular complexity index is 476. The fraction of sp³-hybridized carbons (Fsp3) is 0.273. The Morgan fingerprint density at radius 1 is 1.53 bits per heavy atom. The molecule has 0 bridgehead atoms. The molecule has 1 aliphatic heterocycles. The molecule has 0 saturated carbocycles. The van der Waals surface area contributed by atoms with Gasteiger partial charge < -0.3 is 5.32 Å². The first-order valence-corrected chi connectivity index (χ1v) is 6.17. The van der Waals surface area contributed by atoms with Crippen molar-refractivity contribution in [2.24, 2.45) is 5.10 Å². The summed E-state index contributed by atoms with van der Waals surface area (Å²) in [4.78, 5) is 11.6. The standard InChI is InChI=1S/C11H12FN3OS/c1-13-11(16)15-14-9-5-6-17-10-7(9)3-2-4-8(10)12/h2-4H,5-6H2,1H3,(H2,13,15,16). The van der Waals surface area contributed by atoms with Crippen LogP contribution in [0.3, 0.4) is 0 Å². The van der Waals surface area contributed by atoms with E-state index < -0.39 is 0 Å². The summed E-state index contributed by atoms with van der Waals surface area (Å²) in [5, 5.41) is 6.41. The van der Waals surface area contributed by atoms with Gasteiger partial charge in [-0.3, -0.25) is 0 Å². The number of urea groups is 1. The van der Waals surface area contributed by atoms with Gasteiger partial charge in [0.15, 0.2) is 0 Å². The SMILES string of the molecule is CNC(=O)NN=C1CCSc2c(F)cccc21. The van der Waals surface area contributed by atoms with Crippen LogP contribution in [0.4, 0.5) is 9.18 Å². The van der Waals surface area contributed by atoms with Crippen LogP contribution in [0.15, 0.2) is 28.2 Å². The number of carbonyl (C=O) groups excluding carboxylic acids is 1. The Morgan fingerprint density at radius 2 is 2.35 bits per heavy atom. The minimum atomic E-state index is -0.381. The number of nitrogens with zero attached hydrogens (tertiary/aromatic N) is 1. The van der Waals surface area contributed by atoms with E-state index in [1.54, 1.807) is 6.07 Å². The van der Waals surface area contributed by atoms with Crippen molar-refractivity contribution in [2.45, 2.75) is 11.3 Å². The van der Waals surface area contributed by atoms with Gasteiger partial charge in [0.2, 0.25) is 0 Å². The Balaban J connectivity index is 2.29. The third kappa shape index (κ3) is 2.58. The van der Waals surface area contributed by atoms with Gasteiger partial charge in [-0.15, -0.1) is 11.8 Å². The van der Waals surface area contributed by atoms with Crippen LogP contribution < -0.4 is 10.7 Å². The molecule has 0 atom stereocenters. The Hall–Kier alpha value is -1.56. The number of halogens is 1. The molecule has 0 radical (unpaired) electrons. The molecular formula is C11H12FN3OS. The number of hydrogen-bond acceptors (Lipinski definition) is 3. The monoisotopic (exact) mass is 253 g/mol. The van der Waals surface area contributed by atoms with Gasteiger partial charge in [-0.25, -0.2) is 14.6 Å². The topological polar surface area (TPSA) is 53.5 Å². The summed E-state index contributed by atoms with van der Waals surface area (Å²) in [7, 11) is 1.51. The summed E-state index contributed by atoms with van der Waals surface area (Å²) in [5.41, 5.74) is 3.84. The molecule has 0 saturated heterocycles. The highest BCUT2D eigenvalue weighted by molar-refractivity contribution is 7.99. The predicted octanol–water partition coefficient (Wildman–Crippen LogP) is 1.95. The van der Waals surface area contributed by atoms with Crippen molar-refractivity contribution in [1.82, 2.24) is 10.7 Å². The van der Waals surface area contributed by atoms with Crippen molar-refractivity contribution in [3.05, 3.63) is 29.6 Å². The van der Waals surface area contributed by atoms with E-state index in [2.05, 4.69) is 15.8 Å². The second-order valence-corrected chi connectivity index (χ2v) is 4.57. The molecule has 0 fully saturated rings. The minimum absolute atomic E-state index is 0.236. The second kappa shape index (κ2) is 5.18. The van der Waals surface area contributed by atoms with Crippen LogP contribution in [0.25, 0.3) is 0 Å². The maximum absolute atomic E-state index is 13.5. The van der Waals surface area contributed by atoms with E-state index in [9.17, 15) is 9.18 Å². The van der Waals surface area contributed by atoms with E-state index in [4.69, 9.17) is 0 Å². The summed E-state index contributed by atoms with van der Waals surface area (Å²) in [6.07, 6.45) is 0.713. The molecule has 4 nitrogen and oxygen atoms in total. The van der Waals surface area contributed by atoms with Crippen LogP contribution in [0, 0.1) is 5.82 Å². The molecule has 0 spiro atoms. The Labute approximate surface area is 103 Å². The third-order valence-corrected chi connectivity index (χ3v) is 3.49. The average molecular weight is 253 g/mol. The summed E-state index contributed by atoms with van der Waals surface area (Å²) < 4.78 is 13.5. The molecule has 17 heavy (non-hydrogen) atoms. The highest BCUT2D eigenvalue weighted by atomic mass is 32.2. The van der Waals surface area contributed by atoms with Gasteiger partial charge in [-0.2, -0.15) is 5.10 Å². The van der Waals surface area contributed by atoms with E-state index in [1.165, 1.54) is 24.9 Å². The highest BCUT2D eigenvalue weighted by Gasteiger charge is 2.19. The summed E-state index contributed by atoms with van der Waals surface area (Å²) in [6, 6.07) is 4.51. The lowest BCUT2D eigenvalue weighted by Crippen LogP contribution is -2.30. The Morgan fingerprint density at radius 3 is 3.12 bits per heavy atom. The van der Waals surface area contributed by atoms with Crippen molar-refractivity contribution in [1.29, 1.82) is 0 Å². The lowest BCUT2D eigenvalue weighted by Gasteiger charge is -2.17. The van der Waals surface area contributed by atoms with E-state index in [0.29, 0.717) is 17.0 Å². The van der Waals surface area contributed by atoms with Crippen molar-refractivity contribution in [2.75, 3.05) is 12.8 Å². The highest BCUT2D eigenvalue weighted by Crippen LogP contribution is 2.32. The molecule has 0 aromatic heterocycles. The number of rotatable bonds is 1. The second-order valence-electron chi connectivity index (χ2n) is 3.46. The van der Waals surface area contributed by atoms with Crippen molar-refractivity contribution >= 4 is 23.5 Å². The van der Waals surface area contributed by atoms with Gasteiger partial charge in [0.05, 0.1) is 10.6 Å². The zero-order valence-corrected chi connectivity index (χ0v) is 10.1. The molecule has 0 unspecified atom stereocenters. The number of hydrazone groups is 1. The van der Waals surface area contributed by atoms with Crippen molar-refractivity contribution in [3.63, 3.8) is 0 Å². The van der Waals surface area contributed by atoms with Gasteiger partial charge in [0.1, 0.15) is 5.82 Å². The summed E-state index contributed by atoms with van der Waals surface area (Å²) in [5.74, 6) is 0.530. The number of benzene rings is 1. The van der Waals surface area contributed by atoms with E-state index in [-0.39, 0.29) is 11.8 Å². The van der Waals surface area contributed by atoms with Gasteiger partial charge in [-0.05, 0) is 6.07 Å². The molecule has 1 heterocycles. The largest absolute Gasteiger partial charge is 0.340 e. The lowest BCUT2D eigenvalue weighted by atomic mass is 10.1. The normalized spacial score (nSPS) is 16.5. The molecule has 1 aliphatic rings. The van der Waals surface area contributed by atoms with Crippen molar-refractivity contribution < 1.29 is 9.18 Å². The van der Waals surface area contributed by atoms with Crippen LogP contribution in [-0.2, 0) is 0 Å². The van der Waals surface area contributed by atoms with Crippen molar-refractivity contribution in [3.8, 4) is 0 Å². The average Bonchev–Trinajstić information content (AvgIpc) is 2.36. The maximum Gasteiger partial charge on any atom is 0.334 e. The fourth-order valence-electron chi connectivity index (χ4n) is 1.56. The number of thioether (sulfide) groups is 1. The molecule has 2 N–H and O–H groups in total. The number of carbonyl (C=O) groups is 1. The first kappa shape index (κ1) is 11.9. The van der Waals surface area contributed by atoms with Gasteiger partial charge >= 0.3 is 6.03 Å². The number of amides is 2. The fourth-order valence-corrected chi connectivity index (χ4v) is 2.60. The molecule has 90 valence electrons. The number of nitrogens with one attached hydrogen (secondary N) is 2. The predicted molar refractivity (Wildman–Crippen MR) is 65.9 cm³/mol. The zero-order chi connectivity index (χ0) is 12.3. The molecule has 1 aromatic rings. The number of hydrogen-bond donors (Lipinski definition) is 2. The van der Waals surface area contributed by atoms with Crippen LogP contribution >= 0.6 is 11.8 Å². The first-order valence-electron chi connectivity index (χ1n) is 5.18. The van der Waals surface area contributed by atoms with E-state index >= 15 is 0 Å². The van der Waals surface area contributed by atoms with Crippen LogP contribution in [-0.4, -0.2) is 24.5 Å². The maximum atomic E-state index is 13.5. The molecule has 6 heteroatoms. The summed E-state index contributed by atoms with van der Waals surface area (Å²) in [6.45, 7) is 0. The van der Waals surface area contributed by atoms with Crippen LogP contribution in [0.2, 0.25) is 0 Å². The van der Waals surface area contributed by atoms with Gasteiger partial charge in [-0.1, -0.05) is 12.1 Å². The third-order valence-electron chi connectivity index (χ3n) is 2.38. The summed E-state index contributed by atoms with van der Waals surface area (Å²) >= 11 is 1.47. The minimum Gasteiger partial charge on any atom is -0.340 e. The van der Waals surface area contributed by atoms with E-state index in [1.807, 2.05) is 6.07 Å². The van der Waals surface area contributed by atoms with Gasteiger partial charge in [0.25, 0.3) is 0 Å². The lowest BCUT2D eigenvalue weighted by molar-refractivity contribution is 0.243.